The number of ketones is 1. The lowest BCUT2D eigenvalue weighted by Crippen LogP contribution is -2.24. The molecule has 0 radical (unpaired) electrons. The first-order valence-electron chi connectivity index (χ1n) is 5.29. The predicted molar refractivity (Wildman–Crippen MR) is 70.9 cm³/mol. The SMILES string of the molecule is COc1ccc(C(=O)C2CSCCS2)cc1F. The van der Waals surface area contributed by atoms with E-state index in [4.69, 9.17) is 4.74 Å². The number of carbonyl (C=O) groups excluding carboxylic acids is 1. The Balaban J connectivity index is 2.16. The first-order chi connectivity index (χ1) is 8.22. The molecule has 92 valence electrons. The predicted octanol–water partition coefficient (Wildman–Crippen LogP) is 2.87. The first-order valence-corrected chi connectivity index (χ1v) is 7.50. The molecule has 0 aliphatic carbocycles. The summed E-state index contributed by atoms with van der Waals surface area (Å²) in [6.07, 6.45) is 0. The molecule has 1 aliphatic heterocycles. The van der Waals surface area contributed by atoms with Gasteiger partial charge in [-0.15, -0.1) is 11.8 Å². The van der Waals surface area contributed by atoms with E-state index in [0.717, 1.165) is 17.3 Å². The maximum absolute atomic E-state index is 13.5. The van der Waals surface area contributed by atoms with Gasteiger partial charge in [-0.2, -0.15) is 11.8 Å². The zero-order chi connectivity index (χ0) is 12.3. The fraction of sp³-hybridized carbons (Fsp3) is 0.417. The van der Waals surface area contributed by atoms with Crippen LogP contribution in [0.2, 0.25) is 0 Å². The lowest BCUT2D eigenvalue weighted by Gasteiger charge is -2.19. The molecule has 1 aliphatic rings. The van der Waals surface area contributed by atoms with Crippen molar-refractivity contribution in [3.63, 3.8) is 0 Å². The molecule has 1 heterocycles. The molecular weight excluding hydrogens is 259 g/mol. The molecule has 0 spiro atoms. The Hall–Kier alpha value is -0.680. The highest BCUT2D eigenvalue weighted by molar-refractivity contribution is 8.07. The van der Waals surface area contributed by atoms with Crippen LogP contribution in [-0.4, -0.2) is 35.4 Å². The van der Waals surface area contributed by atoms with Crippen LogP contribution in [0, 0.1) is 5.82 Å². The number of thioether (sulfide) groups is 2. The zero-order valence-electron chi connectivity index (χ0n) is 9.44. The van der Waals surface area contributed by atoms with Crippen LogP contribution in [0.5, 0.6) is 5.75 Å². The third-order valence-corrected chi connectivity index (χ3v) is 5.30. The van der Waals surface area contributed by atoms with Crippen molar-refractivity contribution in [3.8, 4) is 5.75 Å². The third-order valence-electron chi connectivity index (χ3n) is 2.54. The van der Waals surface area contributed by atoms with Gasteiger partial charge in [0.05, 0.1) is 12.4 Å². The second-order valence-electron chi connectivity index (χ2n) is 3.65. The van der Waals surface area contributed by atoms with Crippen molar-refractivity contribution in [3.05, 3.63) is 29.6 Å². The molecule has 17 heavy (non-hydrogen) atoms. The van der Waals surface area contributed by atoms with Gasteiger partial charge in [0, 0.05) is 22.8 Å². The van der Waals surface area contributed by atoms with Crippen LogP contribution in [-0.2, 0) is 0 Å². The zero-order valence-corrected chi connectivity index (χ0v) is 11.1. The van der Waals surface area contributed by atoms with E-state index in [1.165, 1.54) is 19.2 Å². The molecule has 0 amide bonds. The lowest BCUT2D eigenvalue weighted by atomic mass is 10.1. The molecule has 1 saturated heterocycles. The molecule has 0 N–H and O–H groups in total. The number of hydrogen-bond acceptors (Lipinski definition) is 4. The van der Waals surface area contributed by atoms with Crippen LogP contribution in [0.25, 0.3) is 0 Å². The van der Waals surface area contributed by atoms with Gasteiger partial charge in [0.15, 0.2) is 17.3 Å². The van der Waals surface area contributed by atoms with Gasteiger partial charge in [0.2, 0.25) is 0 Å². The molecule has 1 fully saturated rings. The number of halogens is 1. The summed E-state index contributed by atoms with van der Waals surface area (Å²) in [7, 11) is 1.41. The summed E-state index contributed by atoms with van der Waals surface area (Å²) in [6, 6.07) is 4.40. The smallest absolute Gasteiger partial charge is 0.176 e. The van der Waals surface area contributed by atoms with Gasteiger partial charge in [0.25, 0.3) is 0 Å². The number of benzene rings is 1. The summed E-state index contributed by atoms with van der Waals surface area (Å²) in [5, 5.41) is -0.0402. The van der Waals surface area contributed by atoms with Crippen molar-refractivity contribution in [1.82, 2.24) is 0 Å². The standard InChI is InChI=1S/C12H13FO2S2/c1-15-10-3-2-8(6-9(10)13)12(14)11-7-16-4-5-17-11/h2-3,6,11H,4-5,7H2,1H3. The number of carbonyl (C=O) groups is 1. The van der Waals surface area contributed by atoms with E-state index >= 15 is 0 Å². The maximum atomic E-state index is 13.5. The Morgan fingerprint density at radius 3 is 2.88 bits per heavy atom. The van der Waals surface area contributed by atoms with Crippen molar-refractivity contribution < 1.29 is 13.9 Å². The molecule has 0 saturated carbocycles. The van der Waals surface area contributed by atoms with Crippen LogP contribution in [0.15, 0.2) is 18.2 Å². The van der Waals surface area contributed by atoms with Gasteiger partial charge in [-0.25, -0.2) is 4.39 Å². The van der Waals surface area contributed by atoms with Crippen molar-refractivity contribution in [2.75, 3.05) is 24.4 Å². The van der Waals surface area contributed by atoms with E-state index in [2.05, 4.69) is 0 Å². The number of rotatable bonds is 3. The molecule has 0 bridgehead atoms. The van der Waals surface area contributed by atoms with Gasteiger partial charge >= 0.3 is 0 Å². The van der Waals surface area contributed by atoms with Crippen LogP contribution in [0.4, 0.5) is 4.39 Å². The highest BCUT2D eigenvalue weighted by Gasteiger charge is 2.24. The first kappa shape index (κ1) is 12.8. The van der Waals surface area contributed by atoms with E-state index < -0.39 is 5.82 Å². The second kappa shape index (κ2) is 5.78. The Bertz CT molecular complexity index is 417. The molecule has 0 aromatic heterocycles. The van der Waals surface area contributed by atoms with Crippen molar-refractivity contribution >= 4 is 29.3 Å². The summed E-state index contributed by atoms with van der Waals surface area (Å²) in [5.41, 5.74) is 0.434. The minimum atomic E-state index is -0.480. The summed E-state index contributed by atoms with van der Waals surface area (Å²) < 4.78 is 18.3. The highest BCUT2D eigenvalue weighted by Crippen LogP contribution is 2.28. The quantitative estimate of drug-likeness (QED) is 0.790. The van der Waals surface area contributed by atoms with Crippen LogP contribution in [0.3, 0.4) is 0 Å². The molecule has 5 heteroatoms. The lowest BCUT2D eigenvalue weighted by molar-refractivity contribution is 0.0994. The van der Waals surface area contributed by atoms with Crippen LogP contribution in [0.1, 0.15) is 10.4 Å². The summed E-state index contributed by atoms with van der Waals surface area (Å²) >= 11 is 3.44. The Morgan fingerprint density at radius 2 is 2.29 bits per heavy atom. The fourth-order valence-electron chi connectivity index (χ4n) is 1.64. The number of ether oxygens (including phenoxy) is 1. The minimum Gasteiger partial charge on any atom is -0.494 e. The van der Waals surface area contributed by atoms with E-state index in [1.54, 1.807) is 29.6 Å². The van der Waals surface area contributed by atoms with Gasteiger partial charge in [0.1, 0.15) is 0 Å². The Kier molecular flexibility index (Phi) is 4.34. The molecule has 2 rings (SSSR count). The summed E-state index contributed by atoms with van der Waals surface area (Å²) in [4.78, 5) is 12.1. The Morgan fingerprint density at radius 1 is 1.47 bits per heavy atom. The average Bonchev–Trinajstić information content (AvgIpc) is 2.39. The average molecular weight is 272 g/mol. The van der Waals surface area contributed by atoms with E-state index in [0.29, 0.717) is 5.56 Å². The van der Waals surface area contributed by atoms with Gasteiger partial charge in [-0.05, 0) is 18.2 Å². The number of hydrogen-bond donors (Lipinski definition) is 0. The highest BCUT2D eigenvalue weighted by atomic mass is 32.2. The minimum absolute atomic E-state index is 0.0174. The fourth-order valence-corrected chi connectivity index (χ4v) is 4.28. The number of methoxy groups -OCH3 is 1. The maximum Gasteiger partial charge on any atom is 0.176 e. The van der Waals surface area contributed by atoms with Gasteiger partial charge in [-0.3, -0.25) is 4.79 Å². The van der Waals surface area contributed by atoms with E-state index in [1.807, 2.05) is 0 Å². The van der Waals surface area contributed by atoms with E-state index in [9.17, 15) is 9.18 Å². The van der Waals surface area contributed by atoms with Gasteiger partial charge in [-0.1, -0.05) is 0 Å². The molecular formula is C12H13FO2S2. The monoisotopic (exact) mass is 272 g/mol. The van der Waals surface area contributed by atoms with Crippen LogP contribution < -0.4 is 4.74 Å². The summed E-state index contributed by atoms with van der Waals surface area (Å²) in [6.45, 7) is 0. The Labute approximate surface area is 108 Å². The van der Waals surface area contributed by atoms with Crippen molar-refractivity contribution in [2.24, 2.45) is 0 Å². The molecule has 1 aromatic carbocycles. The molecule has 1 aromatic rings. The third kappa shape index (κ3) is 2.96. The van der Waals surface area contributed by atoms with E-state index in [-0.39, 0.29) is 16.8 Å². The van der Waals surface area contributed by atoms with Crippen molar-refractivity contribution in [2.45, 2.75) is 5.25 Å². The summed E-state index contributed by atoms with van der Waals surface area (Å²) in [5.74, 6) is 2.60. The van der Waals surface area contributed by atoms with Crippen LogP contribution >= 0.6 is 23.5 Å². The molecule has 1 unspecified atom stereocenters. The van der Waals surface area contributed by atoms with Crippen molar-refractivity contribution in [1.29, 1.82) is 0 Å². The van der Waals surface area contributed by atoms with Gasteiger partial charge < -0.3 is 4.74 Å². The molecule has 1 atom stereocenters. The number of Topliss-reactive ketones (excluding diaryl/α,β-unsaturated/α-hetero) is 1. The normalized spacial score (nSPS) is 20.0. The topological polar surface area (TPSA) is 26.3 Å². The largest absolute Gasteiger partial charge is 0.494 e. The molecule has 2 nitrogen and oxygen atoms in total. The second-order valence-corrected chi connectivity index (χ2v) is 6.11.